The zero-order valence-electron chi connectivity index (χ0n) is 43.3. The van der Waals surface area contributed by atoms with E-state index in [1.807, 2.05) is 0 Å². The number of aliphatic hydroxyl groups is 2. The van der Waals surface area contributed by atoms with Crippen LogP contribution < -0.4 is 5.32 Å². The van der Waals surface area contributed by atoms with Crippen LogP contribution in [0.3, 0.4) is 0 Å². The minimum absolute atomic E-state index is 0.0217. The van der Waals surface area contributed by atoms with E-state index < -0.39 is 12.1 Å². The van der Waals surface area contributed by atoms with Crippen LogP contribution in [0.25, 0.3) is 0 Å². The average Bonchev–Trinajstić information content (AvgIpc) is 3.29. The lowest BCUT2D eigenvalue weighted by Crippen LogP contribution is -2.45. The van der Waals surface area contributed by atoms with Gasteiger partial charge in [0.25, 0.3) is 0 Å². The fourth-order valence-electron chi connectivity index (χ4n) is 9.11. The summed E-state index contributed by atoms with van der Waals surface area (Å²) >= 11 is 0. The van der Waals surface area contributed by atoms with Gasteiger partial charge in [-0.3, -0.25) is 9.59 Å². The SMILES string of the molecule is CCCCCC/C=C\CCCCCCCC(=O)OCCCCCCCCCCCCCC(=O)NC(CO)C(O)CCCCCCCCCCCCCCCCCCCCCCCCC. The van der Waals surface area contributed by atoms with E-state index in [-0.39, 0.29) is 18.5 Å². The third-order valence-corrected chi connectivity index (χ3v) is 13.6. The van der Waals surface area contributed by atoms with Gasteiger partial charge in [-0.2, -0.15) is 0 Å². The second-order valence-corrected chi connectivity index (χ2v) is 20.0. The normalized spacial score (nSPS) is 12.6. The molecule has 6 heteroatoms. The summed E-state index contributed by atoms with van der Waals surface area (Å²) in [6.07, 6.45) is 63.4. The van der Waals surface area contributed by atoms with Crippen molar-refractivity contribution in [3.63, 3.8) is 0 Å². The number of rotatable bonds is 54. The molecule has 2 unspecified atom stereocenters. The summed E-state index contributed by atoms with van der Waals surface area (Å²) in [4.78, 5) is 24.5. The quantitative estimate of drug-likeness (QED) is 0.0321. The Hall–Kier alpha value is -1.40. The lowest BCUT2D eigenvalue weighted by molar-refractivity contribution is -0.143. The van der Waals surface area contributed by atoms with Crippen molar-refractivity contribution in [2.24, 2.45) is 0 Å². The number of aliphatic hydroxyl groups excluding tert-OH is 2. The number of carbonyl (C=O) groups excluding carboxylic acids is 2. The lowest BCUT2D eigenvalue weighted by atomic mass is 10.0. The maximum atomic E-state index is 12.5. The van der Waals surface area contributed by atoms with E-state index in [2.05, 4.69) is 31.3 Å². The van der Waals surface area contributed by atoms with Crippen LogP contribution in [0, 0.1) is 0 Å². The van der Waals surface area contributed by atoms with Crippen LogP contribution >= 0.6 is 0 Å². The molecule has 0 fully saturated rings. The van der Waals surface area contributed by atoms with Crippen molar-refractivity contribution in [2.45, 2.75) is 334 Å². The number of nitrogens with one attached hydrogen (secondary N) is 1. The molecule has 0 spiro atoms. The Labute approximate surface area is 399 Å². The summed E-state index contributed by atoms with van der Waals surface area (Å²) in [5.74, 6) is -0.0724. The van der Waals surface area contributed by atoms with Crippen LogP contribution in [0.4, 0.5) is 0 Å². The van der Waals surface area contributed by atoms with Crippen molar-refractivity contribution < 1.29 is 24.5 Å². The van der Waals surface area contributed by atoms with Crippen molar-refractivity contribution in [2.75, 3.05) is 13.2 Å². The molecule has 0 radical (unpaired) electrons. The second-order valence-electron chi connectivity index (χ2n) is 20.0. The van der Waals surface area contributed by atoms with Gasteiger partial charge in [-0.25, -0.2) is 0 Å². The minimum atomic E-state index is -0.677. The lowest BCUT2D eigenvalue weighted by Gasteiger charge is -2.22. The molecule has 0 aromatic carbocycles. The molecule has 0 bridgehead atoms. The van der Waals surface area contributed by atoms with Crippen molar-refractivity contribution in [1.82, 2.24) is 5.32 Å². The Morgan fingerprint density at radius 1 is 0.422 bits per heavy atom. The van der Waals surface area contributed by atoms with Gasteiger partial charge in [-0.1, -0.05) is 270 Å². The van der Waals surface area contributed by atoms with Gasteiger partial charge in [-0.15, -0.1) is 0 Å². The summed E-state index contributed by atoms with van der Waals surface area (Å²) in [5, 5.41) is 23.3. The monoisotopic (exact) mass is 904 g/mol. The Kier molecular flexibility index (Phi) is 53.0. The maximum Gasteiger partial charge on any atom is 0.305 e. The average molecular weight is 905 g/mol. The third-order valence-electron chi connectivity index (χ3n) is 13.6. The molecule has 3 N–H and O–H groups in total. The Bertz CT molecular complexity index is 955. The first kappa shape index (κ1) is 62.6. The Morgan fingerprint density at radius 3 is 1.12 bits per heavy atom. The van der Waals surface area contributed by atoms with Gasteiger partial charge in [0, 0.05) is 12.8 Å². The Balaban J connectivity index is 3.46. The molecule has 380 valence electrons. The van der Waals surface area contributed by atoms with E-state index in [9.17, 15) is 19.8 Å². The van der Waals surface area contributed by atoms with Crippen LogP contribution in [0.2, 0.25) is 0 Å². The second kappa shape index (κ2) is 54.2. The van der Waals surface area contributed by atoms with Crippen molar-refractivity contribution in [3.8, 4) is 0 Å². The highest BCUT2D eigenvalue weighted by molar-refractivity contribution is 5.76. The highest BCUT2D eigenvalue weighted by atomic mass is 16.5. The molecule has 64 heavy (non-hydrogen) atoms. The van der Waals surface area contributed by atoms with Gasteiger partial charge in [0.2, 0.25) is 5.91 Å². The zero-order valence-corrected chi connectivity index (χ0v) is 43.3. The molecule has 0 rings (SSSR count). The summed E-state index contributed by atoms with van der Waals surface area (Å²) < 4.78 is 5.45. The number of carbonyl (C=O) groups is 2. The first-order valence-electron chi connectivity index (χ1n) is 28.9. The molecule has 2 atom stereocenters. The molecule has 0 heterocycles. The van der Waals surface area contributed by atoms with E-state index in [1.54, 1.807) is 0 Å². The Morgan fingerprint density at radius 2 is 0.734 bits per heavy atom. The number of hydrogen-bond donors (Lipinski definition) is 3. The maximum absolute atomic E-state index is 12.5. The predicted molar refractivity (Wildman–Crippen MR) is 278 cm³/mol. The number of hydrogen-bond acceptors (Lipinski definition) is 5. The van der Waals surface area contributed by atoms with Crippen LogP contribution in [0.5, 0.6) is 0 Å². The number of esters is 1. The van der Waals surface area contributed by atoms with Crippen LogP contribution in [0.1, 0.15) is 322 Å². The summed E-state index contributed by atoms with van der Waals surface area (Å²) in [6, 6.07) is -0.556. The summed E-state index contributed by atoms with van der Waals surface area (Å²) in [6.45, 7) is 4.91. The van der Waals surface area contributed by atoms with Gasteiger partial charge < -0.3 is 20.3 Å². The van der Waals surface area contributed by atoms with E-state index in [1.165, 1.54) is 231 Å². The van der Waals surface area contributed by atoms with Gasteiger partial charge >= 0.3 is 5.97 Å². The fraction of sp³-hybridized carbons (Fsp3) is 0.931. The van der Waals surface area contributed by atoms with E-state index in [0.717, 1.165) is 57.8 Å². The molecular weight excluding hydrogens is 791 g/mol. The standard InChI is InChI=1S/C58H113NO5/c1-3-5-7-9-11-13-15-17-18-19-20-21-22-23-24-25-26-28-30-34-38-42-46-50-56(61)55(54-60)59-57(62)51-47-43-39-35-31-29-33-37-41-45-49-53-64-58(63)52-48-44-40-36-32-27-16-14-12-10-8-6-4-2/h14,16,55-56,60-61H,3-13,15,17-54H2,1-2H3,(H,59,62)/b16-14-. The number of allylic oxidation sites excluding steroid dienone is 2. The molecule has 0 aromatic rings. The molecule has 0 aliphatic rings. The third kappa shape index (κ3) is 50.0. The van der Waals surface area contributed by atoms with Gasteiger partial charge in [0.05, 0.1) is 25.4 Å². The van der Waals surface area contributed by atoms with Crippen molar-refractivity contribution in [1.29, 1.82) is 0 Å². The predicted octanol–water partition coefficient (Wildman–Crippen LogP) is 17.7. The van der Waals surface area contributed by atoms with Crippen molar-refractivity contribution in [3.05, 3.63) is 12.2 Å². The smallest absolute Gasteiger partial charge is 0.305 e. The largest absolute Gasteiger partial charge is 0.466 e. The molecule has 6 nitrogen and oxygen atoms in total. The van der Waals surface area contributed by atoms with E-state index in [4.69, 9.17) is 4.74 Å². The highest BCUT2D eigenvalue weighted by Crippen LogP contribution is 2.18. The topological polar surface area (TPSA) is 95.9 Å². The molecule has 0 saturated carbocycles. The van der Waals surface area contributed by atoms with Crippen LogP contribution in [0.15, 0.2) is 12.2 Å². The van der Waals surface area contributed by atoms with E-state index in [0.29, 0.717) is 25.9 Å². The van der Waals surface area contributed by atoms with Gasteiger partial charge in [0.1, 0.15) is 0 Å². The molecular formula is C58H113NO5. The van der Waals surface area contributed by atoms with E-state index >= 15 is 0 Å². The van der Waals surface area contributed by atoms with Crippen LogP contribution in [-0.2, 0) is 14.3 Å². The molecule has 0 aromatic heterocycles. The number of unbranched alkanes of at least 4 members (excludes halogenated alkanes) is 41. The highest BCUT2D eigenvalue weighted by Gasteiger charge is 2.20. The molecule has 1 amide bonds. The zero-order chi connectivity index (χ0) is 46.5. The molecule has 0 aliphatic carbocycles. The fourth-order valence-corrected chi connectivity index (χ4v) is 9.11. The summed E-state index contributed by atoms with van der Waals surface area (Å²) in [7, 11) is 0. The van der Waals surface area contributed by atoms with Crippen LogP contribution in [-0.4, -0.2) is 47.4 Å². The molecule has 0 aliphatic heterocycles. The molecule has 0 saturated heterocycles. The number of amides is 1. The first-order chi connectivity index (χ1) is 31.5. The number of ether oxygens (including phenoxy) is 1. The van der Waals surface area contributed by atoms with Crippen molar-refractivity contribution >= 4 is 11.9 Å². The van der Waals surface area contributed by atoms with Gasteiger partial charge in [0.15, 0.2) is 0 Å². The minimum Gasteiger partial charge on any atom is -0.466 e. The van der Waals surface area contributed by atoms with Gasteiger partial charge in [-0.05, 0) is 51.4 Å². The summed E-state index contributed by atoms with van der Waals surface area (Å²) in [5.41, 5.74) is 0. The first-order valence-corrected chi connectivity index (χ1v) is 28.9.